The Kier molecular flexibility index (Phi) is 4.50. The predicted molar refractivity (Wildman–Crippen MR) is 105 cm³/mol. The van der Waals surface area contributed by atoms with E-state index in [1.54, 1.807) is 48.9 Å². The van der Waals surface area contributed by atoms with Gasteiger partial charge in [-0.25, -0.2) is 13.6 Å². The predicted octanol–water partition coefficient (Wildman–Crippen LogP) is 3.38. The van der Waals surface area contributed by atoms with Crippen LogP contribution in [-0.4, -0.2) is 18.5 Å². The highest BCUT2D eigenvalue weighted by Gasteiger charge is 2.22. The second kappa shape index (κ2) is 6.99. The first-order chi connectivity index (χ1) is 13.4. The molecule has 2 heterocycles. The van der Waals surface area contributed by atoms with Crippen LogP contribution < -0.4 is 10.5 Å². The number of rotatable bonds is 5. The zero-order valence-electron chi connectivity index (χ0n) is 14.6. The first-order valence-corrected chi connectivity index (χ1v) is 9.97. The SMILES string of the molecule is NS(=O)(=O)c1ccc(NC(c2ccco2)c2ccc3cccnc3c2O)cc1. The molecule has 0 bridgehead atoms. The number of anilines is 1. The largest absolute Gasteiger partial charge is 0.505 e. The molecule has 1 atom stereocenters. The van der Waals surface area contributed by atoms with Gasteiger partial charge in [0.15, 0.2) is 0 Å². The van der Waals surface area contributed by atoms with Gasteiger partial charge in [-0.2, -0.15) is 0 Å². The van der Waals surface area contributed by atoms with Crippen molar-refractivity contribution in [1.82, 2.24) is 4.98 Å². The van der Waals surface area contributed by atoms with E-state index in [-0.39, 0.29) is 10.6 Å². The van der Waals surface area contributed by atoms with Crippen LogP contribution in [0.1, 0.15) is 17.4 Å². The normalized spacial score (nSPS) is 12.8. The number of fused-ring (bicyclic) bond motifs is 1. The van der Waals surface area contributed by atoms with Crippen molar-refractivity contribution in [3.8, 4) is 5.75 Å². The quantitative estimate of drug-likeness (QED) is 0.477. The van der Waals surface area contributed by atoms with Gasteiger partial charge < -0.3 is 14.8 Å². The third-order valence-electron chi connectivity index (χ3n) is 4.41. The highest BCUT2D eigenvalue weighted by atomic mass is 32.2. The first-order valence-electron chi connectivity index (χ1n) is 8.43. The molecule has 1 unspecified atom stereocenters. The third kappa shape index (κ3) is 3.42. The van der Waals surface area contributed by atoms with E-state index in [1.807, 2.05) is 12.1 Å². The van der Waals surface area contributed by atoms with Gasteiger partial charge in [-0.1, -0.05) is 18.2 Å². The van der Waals surface area contributed by atoms with E-state index in [0.29, 0.717) is 22.5 Å². The number of nitrogens with two attached hydrogens (primary N) is 1. The molecular formula is C20H17N3O4S. The molecule has 0 radical (unpaired) electrons. The van der Waals surface area contributed by atoms with Crippen LogP contribution >= 0.6 is 0 Å². The van der Waals surface area contributed by atoms with Gasteiger partial charge in [-0.05, 0) is 42.5 Å². The van der Waals surface area contributed by atoms with Gasteiger partial charge in [0.05, 0.1) is 11.2 Å². The molecule has 8 heteroatoms. The molecule has 0 saturated carbocycles. The lowest BCUT2D eigenvalue weighted by molar-refractivity contribution is 0.458. The van der Waals surface area contributed by atoms with E-state index in [1.165, 1.54) is 12.1 Å². The highest BCUT2D eigenvalue weighted by molar-refractivity contribution is 7.89. The summed E-state index contributed by atoms with van der Waals surface area (Å²) in [6.07, 6.45) is 3.16. The van der Waals surface area contributed by atoms with E-state index in [9.17, 15) is 13.5 Å². The fraction of sp³-hybridized carbons (Fsp3) is 0.0500. The van der Waals surface area contributed by atoms with E-state index in [2.05, 4.69) is 10.3 Å². The van der Waals surface area contributed by atoms with Gasteiger partial charge in [0.1, 0.15) is 23.1 Å². The van der Waals surface area contributed by atoms with Crippen LogP contribution in [0.25, 0.3) is 10.9 Å². The average molecular weight is 395 g/mol. The maximum absolute atomic E-state index is 11.4. The zero-order valence-corrected chi connectivity index (χ0v) is 15.4. The second-order valence-corrected chi connectivity index (χ2v) is 7.80. The number of sulfonamides is 1. The zero-order chi connectivity index (χ0) is 19.7. The fourth-order valence-electron chi connectivity index (χ4n) is 3.04. The number of hydrogen-bond acceptors (Lipinski definition) is 6. The van der Waals surface area contributed by atoms with Crippen molar-refractivity contribution in [2.24, 2.45) is 5.14 Å². The number of aromatic hydroxyl groups is 1. The van der Waals surface area contributed by atoms with Crippen molar-refractivity contribution < 1.29 is 17.9 Å². The molecule has 0 aliphatic rings. The minimum absolute atomic E-state index is 0.0188. The molecule has 0 aliphatic carbocycles. The molecule has 4 aromatic rings. The van der Waals surface area contributed by atoms with E-state index in [4.69, 9.17) is 9.56 Å². The number of furan rings is 1. The monoisotopic (exact) mass is 395 g/mol. The molecule has 0 amide bonds. The number of nitrogens with one attached hydrogen (secondary N) is 1. The van der Waals surface area contributed by atoms with E-state index in [0.717, 1.165) is 5.39 Å². The fourth-order valence-corrected chi connectivity index (χ4v) is 3.56. The van der Waals surface area contributed by atoms with E-state index >= 15 is 0 Å². The Hall–Kier alpha value is -3.36. The van der Waals surface area contributed by atoms with Crippen LogP contribution in [0.5, 0.6) is 5.75 Å². The van der Waals surface area contributed by atoms with Crippen LogP contribution in [0.2, 0.25) is 0 Å². The number of aromatic nitrogens is 1. The summed E-state index contributed by atoms with van der Waals surface area (Å²) in [5.41, 5.74) is 1.70. The molecule has 2 aromatic heterocycles. The number of phenolic OH excluding ortho intramolecular Hbond substituents is 1. The van der Waals surface area contributed by atoms with Gasteiger partial charge in [0.25, 0.3) is 0 Å². The smallest absolute Gasteiger partial charge is 0.238 e. The molecule has 0 aliphatic heterocycles. The minimum Gasteiger partial charge on any atom is -0.505 e. The maximum atomic E-state index is 11.4. The van der Waals surface area contributed by atoms with Crippen molar-refractivity contribution in [2.45, 2.75) is 10.9 Å². The molecule has 4 N–H and O–H groups in total. The van der Waals surface area contributed by atoms with Crippen molar-refractivity contribution in [1.29, 1.82) is 0 Å². The highest BCUT2D eigenvalue weighted by Crippen LogP contribution is 2.36. The molecule has 2 aromatic carbocycles. The molecular weight excluding hydrogens is 378 g/mol. The molecule has 4 rings (SSSR count). The second-order valence-electron chi connectivity index (χ2n) is 6.24. The van der Waals surface area contributed by atoms with Crippen LogP contribution in [0.15, 0.2) is 82.4 Å². The maximum Gasteiger partial charge on any atom is 0.238 e. The van der Waals surface area contributed by atoms with E-state index < -0.39 is 16.1 Å². The standard InChI is InChI=1S/C20H17N3O4S/c21-28(25,26)15-8-6-14(7-9-15)23-19(17-4-2-12-27-17)16-10-5-13-3-1-11-22-18(13)20(16)24/h1-12,19,23-24H,(H2,21,25,26). The number of phenols is 1. The Morgan fingerprint density at radius 3 is 2.50 bits per heavy atom. The van der Waals surface area contributed by atoms with Crippen molar-refractivity contribution in [2.75, 3.05) is 5.32 Å². The van der Waals surface area contributed by atoms with Gasteiger partial charge in [-0.3, -0.25) is 4.98 Å². The van der Waals surface area contributed by atoms with Crippen molar-refractivity contribution in [3.63, 3.8) is 0 Å². The Balaban J connectivity index is 1.76. The summed E-state index contributed by atoms with van der Waals surface area (Å²) in [6, 6.07) is 16.4. The summed E-state index contributed by atoms with van der Waals surface area (Å²) in [7, 11) is -3.77. The van der Waals surface area contributed by atoms with Gasteiger partial charge >= 0.3 is 0 Å². The minimum atomic E-state index is -3.77. The molecule has 28 heavy (non-hydrogen) atoms. The molecule has 7 nitrogen and oxygen atoms in total. The third-order valence-corrected chi connectivity index (χ3v) is 5.34. The Morgan fingerprint density at radius 1 is 1.04 bits per heavy atom. The summed E-state index contributed by atoms with van der Waals surface area (Å²) < 4.78 is 28.4. The molecule has 0 saturated heterocycles. The average Bonchev–Trinajstić information content (AvgIpc) is 3.21. The van der Waals surface area contributed by atoms with Crippen molar-refractivity contribution in [3.05, 3.63) is 84.4 Å². The summed E-state index contributed by atoms with van der Waals surface area (Å²) in [5.74, 6) is 0.634. The Labute approximate surface area is 161 Å². The lowest BCUT2D eigenvalue weighted by Crippen LogP contribution is -2.14. The van der Waals surface area contributed by atoms with Gasteiger partial charge in [-0.15, -0.1) is 0 Å². The van der Waals surface area contributed by atoms with Crippen LogP contribution in [0.4, 0.5) is 5.69 Å². The van der Waals surface area contributed by atoms with Crippen LogP contribution in [-0.2, 0) is 10.0 Å². The molecule has 142 valence electrons. The number of pyridine rings is 1. The number of nitrogens with zero attached hydrogens (tertiary/aromatic N) is 1. The Bertz CT molecular complexity index is 1220. The number of primary sulfonamides is 1. The van der Waals surface area contributed by atoms with Crippen molar-refractivity contribution >= 4 is 26.6 Å². The first kappa shape index (κ1) is 18.0. The van der Waals surface area contributed by atoms with Crippen LogP contribution in [0, 0.1) is 0 Å². The Morgan fingerprint density at radius 2 is 1.82 bits per heavy atom. The lowest BCUT2D eigenvalue weighted by Gasteiger charge is -2.20. The van der Waals surface area contributed by atoms with Gasteiger partial charge in [0.2, 0.25) is 10.0 Å². The van der Waals surface area contributed by atoms with Crippen LogP contribution in [0.3, 0.4) is 0 Å². The molecule has 0 spiro atoms. The molecule has 0 fully saturated rings. The number of benzene rings is 2. The number of hydrogen-bond donors (Lipinski definition) is 3. The summed E-state index contributed by atoms with van der Waals surface area (Å²) >= 11 is 0. The summed E-state index contributed by atoms with van der Waals surface area (Å²) in [5, 5.41) is 20.0. The lowest BCUT2D eigenvalue weighted by atomic mass is 10.0. The summed E-state index contributed by atoms with van der Waals surface area (Å²) in [4.78, 5) is 4.28. The topological polar surface area (TPSA) is 118 Å². The van der Waals surface area contributed by atoms with Gasteiger partial charge in [0, 0.05) is 22.8 Å². The summed E-state index contributed by atoms with van der Waals surface area (Å²) in [6.45, 7) is 0.